The third-order valence-corrected chi connectivity index (χ3v) is 1.73. The number of nitrogens with one attached hydrogen (secondary N) is 1. The number of hydrogen-bond acceptors (Lipinski definition) is 2. The van der Waals surface area contributed by atoms with Crippen LogP contribution >= 0.6 is 0 Å². The van der Waals surface area contributed by atoms with Crippen molar-refractivity contribution < 1.29 is 4.79 Å². The number of allylic oxidation sites excluding steroid dienone is 3. The number of nitrogens with two attached hydrogens (primary N) is 1. The Hall–Kier alpha value is -1.35. The Balaban J connectivity index is 4.09. The average Bonchev–Trinajstić information content (AvgIpc) is 2.16. The highest BCUT2D eigenvalue weighted by Gasteiger charge is 2.05. The molecule has 0 spiro atoms. The maximum Gasteiger partial charge on any atom is 0.233 e. The van der Waals surface area contributed by atoms with Gasteiger partial charge in [0.25, 0.3) is 0 Å². The first-order valence-electron chi connectivity index (χ1n) is 4.57. The molecule has 0 rings (SSSR count). The van der Waals surface area contributed by atoms with Crippen LogP contribution in [0, 0.1) is 0 Å². The van der Waals surface area contributed by atoms with E-state index < -0.39 is 0 Å². The van der Waals surface area contributed by atoms with Crippen LogP contribution in [-0.2, 0) is 4.79 Å². The van der Waals surface area contributed by atoms with Crippen molar-refractivity contribution in [1.82, 2.24) is 5.32 Å². The summed E-state index contributed by atoms with van der Waals surface area (Å²) in [6.07, 6.45) is 6.07. The molecule has 0 aromatic rings. The van der Waals surface area contributed by atoms with Crippen LogP contribution in [-0.4, -0.2) is 18.5 Å². The molecule has 0 aromatic heterocycles. The summed E-state index contributed by atoms with van der Waals surface area (Å²) >= 11 is 0. The van der Waals surface area contributed by atoms with Crippen molar-refractivity contribution in [3.05, 3.63) is 37.0 Å². The van der Waals surface area contributed by atoms with Crippen molar-refractivity contribution in [2.24, 2.45) is 5.73 Å². The van der Waals surface area contributed by atoms with Gasteiger partial charge in [0.15, 0.2) is 0 Å². The monoisotopic (exact) mass is 194 g/mol. The van der Waals surface area contributed by atoms with E-state index in [1.807, 2.05) is 13.0 Å². The zero-order chi connectivity index (χ0) is 11.0. The zero-order valence-electron chi connectivity index (χ0n) is 8.62. The number of rotatable bonds is 6. The van der Waals surface area contributed by atoms with E-state index in [1.54, 1.807) is 12.2 Å². The smallest absolute Gasteiger partial charge is 0.233 e. The minimum absolute atomic E-state index is 0.0267. The molecule has 0 bridgehead atoms. The standard InChI is InChI=1S/C11H18N2O/c1-4-6-10(5-2)7-9(3)13-11(14)8-12/h4-6,9H,1-2,7-8,12H2,3H3,(H,13,14)/b10-6+/t9-/m0/s1. The van der Waals surface area contributed by atoms with Gasteiger partial charge in [0.05, 0.1) is 6.54 Å². The molecule has 0 saturated carbocycles. The van der Waals surface area contributed by atoms with Crippen LogP contribution < -0.4 is 11.1 Å². The van der Waals surface area contributed by atoms with E-state index in [2.05, 4.69) is 18.5 Å². The van der Waals surface area contributed by atoms with Crippen LogP contribution in [0.1, 0.15) is 13.3 Å². The molecule has 3 nitrogen and oxygen atoms in total. The third kappa shape index (κ3) is 5.32. The molecule has 0 aromatic carbocycles. The zero-order valence-corrected chi connectivity index (χ0v) is 8.62. The second kappa shape index (κ2) is 7.09. The van der Waals surface area contributed by atoms with Gasteiger partial charge >= 0.3 is 0 Å². The summed E-state index contributed by atoms with van der Waals surface area (Å²) in [6.45, 7) is 9.23. The second-order valence-electron chi connectivity index (χ2n) is 3.06. The lowest BCUT2D eigenvalue weighted by Crippen LogP contribution is -2.37. The van der Waals surface area contributed by atoms with Crippen LogP contribution in [0.4, 0.5) is 0 Å². The van der Waals surface area contributed by atoms with Crippen LogP contribution in [0.3, 0.4) is 0 Å². The van der Waals surface area contributed by atoms with Crippen LogP contribution in [0.2, 0.25) is 0 Å². The summed E-state index contributed by atoms with van der Waals surface area (Å²) < 4.78 is 0. The highest BCUT2D eigenvalue weighted by Crippen LogP contribution is 2.06. The number of carbonyl (C=O) groups is 1. The highest BCUT2D eigenvalue weighted by atomic mass is 16.1. The predicted octanol–water partition coefficient (Wildman–Crippen LogP) is 1.14. The Morgan fingerprint density at radius 3 is 2.64 bits per heavy atom. The van der Waals surface area contributed by atoms with Crippen LogP contribution in [0.15, 0.2) is 37.0 Å². The maximum atomic E-state index is 10.9. The normalized spacial score (nSPS) is 13.1. The lowest BCUT2D eigenvalue weighted by molar-refractivity contribution is -0.120. The topological polar surface area (TPSA) is 55.1 Å². The van der Waals surface area contributed by atoms with Crippen molar-refractivity contribution in [2.75, 3.05) is 6.54 Å². The summed E-state index contributed by atoms with van der Waals surface area (Å²) in [5, 5.41) is 2.77. The van der Waals surface area contributed by atoms with Crippen molar-refractivity contribution in [3.63, 3.8) is 0 Å². The highest BCUT2D eigenvalue weighted by molar-refractivity contribution is 5.78. The molecule has 0 fully saturated rings. The fraction of sp³-hybridized carbons (Fsp3) is 0.364. The molecule has 1 amide bonds. The number of hydrogen-bond donors (Lipinski definition) is 2. The van der Waals surface area contributed by atoms with Gasteiger partial charge in [0, 0.05) is 6.04 Å². The van der Waals surface area contributed by atoms with Gasteiger partial charge in [-0.1, -0.05) is 31.4 Å². The van der Waals surface area contributed by atoms with Gasteiger partial charge in [0.1, 0.15) is 0 Å². The number of amides is 1. The van der Waals surface area contributed by atoms with Gasteiger partial charge in [-0.2, -0.15) is 0 Å². The molecule has 0 aliphatic heterocycles. The largest absolute Gasteiger partial charge is 0.352 e. The molecule has 0 saturated heterocycles. The summed E-state index contributed by atoms with van der Waals surface area (Å²) in [6, 6.07) is 0.0650. The summed E-state index contributed by atoms with van der Waals surface area (Å²) in [7, 11) is 0. The summed E-state index contributed by atoms with van der Waals surface area (Å²) in [5.74, 6) is -0.139. The van der Waals surface area contributed by atoms with Crippen molar-refractivity contribution in [2.45, 2.75) is 19.4 Å². The third-order valence-electron chi connectivity index (χ3n) is 1.73. The van der Waals surface area contributed by atoms with Crippen LogP contribution in [0.25, 0.3) is 0 Å². The molecule has 1 atom stereocenters. The molecule has 3 heteroatoms. The van der Waals surface area contributed by atoms with E-state index in [-0.39, 0.29) is 18.5 Å². The summed E-state index contributed by atoms with van der Waals surface area (Å²) in [5.41, 5.74) is 6.23. The molecule has 78 valence electrons. The Bertz CT molecular complexity index is 244. The lowest BCUT2D eigenvalue weighted by atomic mass is 10.1. The van der Waals surface area contributed by atoms with E-state index >= 15 is 0 Å². The van der Waals surface area contributed by atoms with Gasteiger partial charge in [-0.15, -0.1) is 0 Å². The molecule has 0 heterocycles. The van der Waals surface area contributed by atoms with E-state index in [1.165, 1.54) is 0 Å². The van der Waals surface area contributed by atoms with Gasteiger partial charge in [-0.05, 0) is 18.9 Å². The molecule has 3 N–H and O–H groups in total. The van der Waals surface area contributed by atoms with Gasteiger partial charge in [-0.3, -0.25) is 4.79 Å². The first-order chi connectivity index (χ1) is 6.63. The van der Waals surface area contributed by atoms with Crippen LogP contribution in [0.5, 0.6) is 0 Å². The van der Waals surface area contributed by atoms with Crippen molar-refractivity contribution in [1.29, 1.82) is 0 Å². The molecule has 0 radical (unpaired) electrons. The minimum Gasteiger partial charge on any atom is -0.352 e. The molecule has 0 unspecified atom stereocenters. The van der Waals surface area contributed by atoms with Crippen molar-refractivity contribution >= 4 is 5.91 Å². The van der Waals surface area contributed by atoms with Crippen molar-refractivity contribution in [3.8, 4) is 0 Å². The molecular formula is C11H18N2O. The SMILES string of the molecule is C=C/C=C(\C=C)C[C@H](C)NC(=O)CN. The fourth-order valence-electron chi connectivity index (χ4n) is 1.11. The summed E-state index contributed by atoms with van der Waals surface area (Å²) in [4.78, 5) is 10.9. The maximum absolute atomic E-state index is 10.9. The second-order valence-corrected chi connectivity index (χ2v) is 3.06. The predicted molar refractivity (Wildman–Crippen MR) is 59.8 cm³/mol. The van der Waals surface area contributed by atoms with E-state index in [0.29, 0.717) is 0 Å². The van der Waals surface area contributed by atoms with Gasteiger partial charge in [-0.25, -0.2) is 0 Å². The quantitative estimate of drug-likeness (QED) is 0.623. The Kier molecular flexibility index (Phi) is 6.41. The lowest BCUT2D eigenvalue weighted by Gasteiger charge is -2.13. The van der Waals surface area contributed by atoms with Gasteiger partial charge < -0.3 is 11.1 Å². The van der Waals surface area contributed by atoms with Gasteiger partial charge in [0.2, 0.25) is 5.91 Å². The fourth-order valence-corrected chi connectivity index (χ4v) is 1.11. The molecule has 14 heavy (non-hydrogen) atoms. The molecular weight excluding hydrogens is 176 g/mol. The average molecular weight is 194 g/mol. The van der Waals surface area contributed by atoms with E-state index in [4.69, 9.17) is 5.73 Å². The minimum atomic E-state index is -0.139. The first kappa shape index (κ1) is 12.7. The Morgan fingerprint density at radius 1 is 1.57 bits per heavy atom. The Morgan fingerprint density at radius 2 is 2.21 bits per heavy atom. The van der Waals surface area contributed by atoms with E-state index in [0.717, 1.165) is 12.0 Å². The Labute approximate surface area is 85.4 Å². The first-order valence-corrected chi connectivity index (χ1v) is 4.57. The number of carbonyl (C=O) groups excluding carboxylic acids is 1. The molecule has 0 aliphatic rings. The van der Waals surface area contributed by atoms with E-state index in [9.17, 15) is 4.79 Å². The molecule has 0 aliphatic carbocycles.